The SMILES string of the molecule is CC1(C)C(=O)C2(CCCCC2)C(=O)O[C@H]1c1cccn1-c1ccc([N+](=O)[O-])cc1. The van der Waals surface area contributed by atoms with Crippen molar-refractivity contribution in [3.8, 4) is 5.69 Å². The Morgan fingerprint density at radius 1 is 1.07 bits per heavy atom. The van der Waals surface area contributed by atoms with Gasteiger partial charge in [-0.25, -0.2) is 0 Å². The van der Waals surface area contributed by atoms with Crippen LogP contribution >= 0.6 is 0 Å². The number of ether oxygens (including phenoxy) is 1. The van der Waals surface area contributed by atoms with Gasteiger partial charge in [0.1, 0.15) is 5.41 Å². The van der Waals surface area contributed by atoms with Crippen LogP contribution in [0, 0.1) is 20.9 Å². The molecule has 7 nitrogen and oxygen atoms in total. The van der Waals surface area contributed by atoms with Crippen LogP contribution in [0.3, 0.4) is 0 Å². The van der Waals surface area contributed by atoms with Crippen LogP contribution < -0.4 is 0 Å². The van der Waals surface area contributed by atoms with Gasteiger partial charge in [0.2, 0.25) is 0 Å². The van der Waals surface area contributed by atoms with Gasteiger partial charge in [0.05, 0.1) is 16.0 Å². The Morgan fingerprint density at radius 2 is 1.72 bits per heavy atom. The van der Waals surface area contributed by atoms with Crippen molar-refractivity contribution in [2.24, 2.45) is 10.8 Å². The van der Waals surface area contributed by atoms with Gasteiger partial charge in [-0.1, -0.05) is 19.3 Å². The van der Waals surface area contributed by atoms with E-state index >= 15 is 0 Å². The molecule has 0 bridgehead atoms. The number of hydrogen-bond acceptors (Lipinski definition) is 5. The van der Waals surface area contributed by atoms with Crippen molar-refractivity contribution in [2.75, 3.05) is 0 Å². The Bertz CT molecular complexity index is 967. The lowest BCUT2D eigenvalue weighted by Gasteiger charge is -2.47. The van der Waals surface area contributed by atoms with Crippen molar-refractivity contribution in [3.05, 3.63) is 58.4 Å². The number of aromatic nitrogens is 1. The van der Waals surface area contributed by atoms with E-state index in [0.29, 0.717) is 24.2 Å². The molecule has 1 atom stereocenters. The van der Waals surface area contributed by atoms with Gasteiger partial charge in [-0.15, -0.1) is 0 Å². The van der Waals surface area contributed by atoms with Crippen LogP contribution in [-0.4, -0.2) is 21.2 Å². The number of cyclic esters (lactones) is 1. The highest BCUT2D eigenvalue weighted by Gasteiger charge is 2.60. The molecule has 0 amide bonds. The molecule has 4 rings (SSSR count). The minimum Gasteiger partial charge on any atom is -0.454 e. The highest BCUT2D eigenvalue weighted by atomic mass is 16.6. The number of nitrogens with zero attached hydrogens (tertiary/aromatic N) is 2. The number of non-ortho nitro benzene ring substituents is 1. The topological polar surface area (TPSA) is 91.4 Å². The molecule has 2 heterocycles. The van der Waals surface area contributed by atoms with Crippen LogP contribution in [0.25, 0.3) is 5.69 Å². The molecule has 29 heavy (non-hydrogen) atoms. The maximum atomic E-state index is 13.5. The predicted molar refractivity (Wildman–Crippen MR) is 106 cm³/mol. The number of nitro groups is 1. The van der Waals surface area contributed by atoms with E-state index in [0.717, 1.165) is 19.3 Å². The average Bonchev–Trinajstić information content (AvgIpc) is 3.20. The second-order valence-electron chi connectivity index (χ2n) is 8.56. The fraction of sp³-hybridized carbons (Fsp3) is 0.455. The lowest BCUT2D eigenvalue weighted by molar-refractivity contribution is -0.384. The highest BCUT2D eigenvalue weighted by molar-refractivity contribution is 6.08. The summed E-state index contributed by atoms with van der Waals surface area (Å²) in [6.45, 7) is 3.69. The Hall–Kier alpha value is -2.96. The van der Waals surface area contributed by atoms with Gasteiger partial charge in [-0.05, 0) is 51.0 Å². The molecule has 2 fully saturated rings. The molecule has 0 N–H and O–H groups in total. The van der Waals surface area contributed by atoms with E-state index < -0.39 is 27.8 Å². The summed E-state index contributed by atoms with van der Waals surface area (Å²) in [5, 5.41) is 10.9. The Morgan fingerprint density at radius 3 is 2.34 bits per heavy atom. The van der Waals surface area contributed by atoms with Gasteiger partial charge in [0.25, 0.3) is 5.69 Å². The van der Waals surface area contributed by atoms with Gasteiger partial charge in [0, 0.05) is 24.0 Å². The zero-order valence-electron chi connectivity index (χ0n) is 16.6. The van der Waals surface area contributed by atoms with Crippen LogP contribution in [0.2, 0.25) is 0 Å². The number of Topliss-reactive ketones (excluding diaryl/α,β-unsaturated/α-hetero) is 1. The molecule has 2 aromatic rings. The first kappa shape index (κ1) is 19.4. The van der Waals surface area contributed by atoms with Crippen molar-refractivity contribution in [2.45, 2.75) is 52.1 Å². The summed E-state index contributed by atoms with van der Waals surface area (Å²) in [4.78, 5) is 37.0. The number of carbonyl (C=O) groups is 2. The van der Waals surface area contributed by atoms with Crippen LogP contribution in [0.5, 0.6) is 0 Å². The zero-order valence-corrected chi connectivity index (χ0v) is 16.6. The number of rotatable bonds is 3. The lowest BCUT2D eigenvalue weighted by Crippen LogP contribution is -2.56. The number of ketones is 1. The molecular formula is C22H24N2O5. The molecule has 0 radical (unpaired) electrons. The van der Waals surface area contributed by atoms with Gasteiger partial charge in [0.15, 0.2) is 11.9 Å². The minimum atomic E-state index is -1.01. The number of esters is 1. The van der Waals surface area contributed by atoms with Gasteiger partial charge >= 0.3 is 5.97 Å². The molecule has 1 aliphatic heterocycles. The Kier molecular flexibility index (Phi) is 4.56. The first-order valence-electron chi connectivity index (χ1n) is 9.95. The van der Waals surface area contributed by atoms with Crippen LogP contribution in [-0.2, 0) is 14.3 Å². The van der Waals surface area contributed by atoms with Crippen LogP contribution in [0.15, 0.2) is 42.6 Å². The maximum absolute atomic E-state index is 13.5. The molecule has 152 valence electrons. The van der Waals surface area contributed by atoms with E-state index in [9.17, 15) is 19.7 Å². The number of carbonyl (C=O) groups excluding carboxylic acids is 2. The first-order chi connectivity index (χ1) is 13.8. The largest absolute Gasteiger partial charge is 0.454 e. The summed E-state index contributed by atoms with van der Waals surface area (Å²) < 4.78 is 7.76. The molecule has 1 aliphatic carbocycles. The third-order valence-electron chi connectivity index (χ3n) is 6.39. The van der Waals surface area contributed by atoms with E-state index in [-0.39, 0.29) is 11.5 Å². The van der Waals surface area contributed by atoms with E-state index in [4.69, 9.17) is 4.74 Å². The van der Waals surface area contributed by atoms with Gasteiger partial charge < -0.3 is 9.30 Å². The third kappa shape index (κ3) is 2.96. The molecule has 0 unspecified atom stereocenters. The van der Waals surface area contributed by atoms with Crippen molar-refractivity contribution >= 4 is 17.4 Å². The van der Waals surface area contributed by atoms with E-state index in [1.54, 1.807) is 18.3 Å². The number of nitro benzene ring substituents is 1. The van der Waals surface area contributed by atoms with Crippen molar-refractivity contribution in [1.82, 2.24) is 4.57 Å². The Balaban J connectivity index is 1.71. The smallest absolute Gasteiger partial charge is 0.320 e. The summed E-state index contributed by atoms with van der Waals surface area (Å²) in [5.74, 6) is -0.453. The highest BCUT2D eigenvalue weighted by Crippen LogP contribution is 2.53. The van der Waals surface area contributed by atoms with E-state index in [2.05, 4.69) is 0 Å². The van der Waals surface area contributed by atoms with E-state index in [1.807, 2.05) is 30.5 Å². The van der Waals surface area contributed by atoms with Crippen LogP contribution in [0.1, 0.15) is 57.7 Å². The van der Waals surface area contributed by atoms with Crippen LogP contribution in [0.4, 0.5) is 5.69 Å². The fourth-order valence-corrected chi connectivity index (χ4v) is 4.79. The molecule has 7 heteroatoms. The van der Waals surface area contributed by atoms with Gasteiger partial charge in [-0.2, -0.15) is 0 Å². The molecular weight excluding hydrogens is 372 g/mol. The molecule has 1 spiro atoms. The second-order valence-corrected chi connectivity index (χ2v) is 8.56. The monoisotopic (exact) mass is 396 g/mol. The van der Waals surface area contributed by atoms with Crippen molar-refractivity contribution < 1.29 is 19.2 Å². The molecule has 1 saturated carbocycles. The Labute approximate surface area is 168 Å². The number of hydrogen-bond donors (Lipinski definition) is 0. The first-order valence-corrected chi connectivity index (χ1v) is 9.95. The summed E-state index contributed by atoms with van der Waals surface area (Å²) >= 11 is 0. The standard InChI is InChI=1S/C22H24N2O5/c1-21(2)18(29-20(26)22(19(21)25)12-4-3-5-13-22)17-7-6-14-23(17)15-8-10-16(11-9-15)24(27)28/h6-11,14,18H,3-5,12-13H2,1-2H3/t18-/m0/s1. The molecule has 1 aromatic carbocycles. The van der Waals surface area contributed by atoms with Gasteiger partial charge in [-0.3, -0.25) is 19.7 Å². The zero-order chi connectivity index (χ0) is 20.8. The third-order valence-corrected chi connectivity index (χ3v) is 6.39. The summed E-state index contributed by atoms with van der Waals surface area (Å²) in [6.07, 6.45) is 4.96. The fourth-order valence-electron chi connectivity index (χ4n) is 4.79. The summed E-state index contributed by atoms with van der Waals surface area (Å²) in [5.41, 5.74) is -0.504. The normalized spacial score (nSPS) is 23.0. The second kappa shape index (κ2) is 6.83. The maximum Gasteiger partial charge on any atom is 0.320 e. The molecule has 1 aromatic heterocycles. The molecule has 2 aliphatic rings. The van der Waals surface area contributed by atoms with Crippen molar-refractivity contribution in [1.29, 1.82) is 0 Å². The number of benzene rings is 1. The van der Waals surface area contributed by atoms with E-state index in [1.165, 1.54) is 12.1 Å². The molecule has 1 saturated heterocycles. The summed E-state index contributed by atoms with van der Waals surface area (Å²) in [6, 6.07) is 9.79. The quantitative estimate of drug-likeness (QED) is 0.329. The average molecular weight is 396 g/mol. The minimum absolute atomic E-state index is 0.00120. The summed E-state index contributed by atoms with van der Waals surface area (Å²) in [7, 11) is 0. The predicted octanol–water partition coefficient (Wildman–Crippen LogP) is 4.53. The van der Waals surface area contributed by atoms with Crippen molar-refractivity contribution in [3.63, 3.8) is 0 Å². The lowest BCUT2D eigenvalue weighted by atomic mass is 9.60.